The minimum absolute atomic E-state index is 1.04. The van der Waals surface area contributed by atoms with Gasteiger partial charge in [-0.3, -0.25) is 0 Å². The van der Waals surface area contributed by atoms with Crippen LogP contribution in [-0.2, 0) is 12.8 Å². The third-order valence-electron chi connectivity index (χ3n) is 5.91. The molecule has 0 atom stereocenters. The average molecular weight is 391 g/mol. The molecule has 0 aromatic heterocycles. The first-order valence-corrected chi connectivity index (χ1v) is 10.8. The van der Waals surface area contributed by atoms with E-state index in [1.807, 2.05) is 0 Å². The molecule has 0 saturated carbocycles. The molecule has 4 aromatic carbocycles. The summed E-state index contributed by atoms with van der Waals surface area (Å²) in [5.74, 6) is 0. The number of benzene rings is 4. The van der Waals surface area contributed by atoms with Crippen LogP contribution in [0.4, 0.5) is 0 Å². The Kier molecular flexibility index (Phi) is 5.86. The van der Waals surface area contributed by atoms with Gasteiger partial charge in [0.25, 0.3) is 0 Å². The maximum atomic E-state index is 2.38. The van der Waals surface area contributed by atoms with Crippen molar-refractivity contribution in [1.29, 1.82) is 0 Å². The molecule has 0 unspecified atom stereocenters. The van der Waals surface area contributed by atoms with Crippen molar-refractivity contribution in [2.24, 2.45) is 0 Å². The normalized spacial score (nSPS) is 10.9. The number of hydrogen-bond acceptors (Lipinski definition) is 0. The number of rotatable bonds is 5. The highest BCUT2D eigenvalue weighted by Gasteiger charge is 2.13. The fourth-order valence-corrected chi connectivity index (χ4v) is 4.81. The molecule has 0 nitrogen and oxygen atoms in total. The fourth-order valence-electron chi connectivity index (χ4n) is 4.81. The van der Waals surface area contributed by atoms with Crippen molar-refractivity contribution < 1.29 is 0 Å². The zero-order chi connectivity index (χ0) is 21.1. The molecule has 4 rings (SSSR count). The van der Waals surface area contributed by atoms with Gasteiger partial charge in [-0.05, 0) is 85.0 Å². The average Bonchev–Trinajstić information content (AvgIpc) is 2.72. The van der Waals surface area contributed by atoms with Gasteiger partial charge < -0.3 is 0 Å². The molecule has 0 heterocycles. The van der Waals surface area contributed by atoms with Gasteiger partial charge in [0.2, 0.25) is 0 Å². The Balaban J connectivity index is 1.75. The zero-order valence-electron chi connectivity index (χ0n) is 18.5. The summed E-state index contributed by atoms with van der Waals surface area (Å²) in [4.78, 5) is 0. The Labute approximate surface area is 181 Å². The van der Waals surface area contributed by atoms with E-state index in [9.17, 15) is 0 Å². The van der Waals surface area contributed by atoms with Gasteiger partial charge in [-0.1, -0.05) is 96.1 Å². The van der Waals surface area contributed by atoms with E-state index in [-0.39, 0.29) is 0 Å². The van der Waals surface area contributed by atoms with Crippen LogP contribution < -0.4 is 0 Å². The second-order valence-corrected chi connectivity index (χ2v) is 8.46. The van der Waals surface area contributed by atoms with Crippen molar-refractivity contribution in [1.82, 2.24) is 0 Å². The van der Waals surface area contributed by atoms with Gasteiger partial charge in [0.15, 0.2) is 0 Å². The molecular weight excluding hydrogens is 360 g/mol. The van der Waals surface area contributed by atoms with Crippen molar-refractivity contribution in [3.05, 3.63) is 118 Å². The molecule has 0 fully saturated rings. The highest BCUT2D eigenvalue weighted by Crippen LogP contribution is 2.33. The van der Waals surface area contributed by atoms with E-state index in [1.165, 1.54) is 55.6 Å². The Morgan fingerprint density at radius 3 is 1.20 bits per heavy atom. The van der Waals surface area contributed by atoms with E-state index in [0.717, 1.165) is 12.8 Å². The smallest absolute Gasteiger partial charge is 0.0122 e. The maximum Gasteiger partial charge on any atom is -0.0122 e. The summed E-state index contributed by atoms with van der Waals surface area (Å²) < 4.78 is 0. The van der Waals surface area contributed by atoms with Crippen LogP contribution in [0.15, 0.2) is 84.9 Å². The van der Waals surface area contributed by atoms with Gasteiger partial charge in [-0.2, -0.15) is 0 Å². The van der Waals surface area contributed by atoms with Crippen molar-refractivity contribution in [2.45, 2.75) is 40.5 Å². The molecule has 0 bridgehead atoms. The Hall–Kier alpha value is -3.12. The summed E-state index contributed by atoms with van der Waals surface area (Å²) in [7, 11) is 0. The molecule has 30 heavy (non-hydrogen) atoms. The van der Waals surface area contributed by atoms with Crippen LogP contribution in [0.3, 0.4) is 0 Å². The molecule has 4 aromatic rings. The van der Waals surface area contributed by atoms with Crippen LogP contribution in [0.2, 0.25) is 0 Å². The standard InChI is InChI=1S/C30H30/c1-21-17-23(3)29(25-11-7-5-8-12-25)27(19-21)15-16-28-20-22(2)18-24(4)30(28)26-13-9-6-10-14-26/h5-14,17-20H,15-16H2,1-4H3. The summed E-state index contributed by atoms with van der Waals surface area (Å²) in [6.45, 7) is 8.89. The van der Waals surface area contributed by atoms with Gasteiger partial charge in [0, 0.05) is 0 Å². The van der Waals surface area contributed by atoms with Gasteiger partial charge in [0.1, 0.15) is 0 Å². The predicted molar refractivity (Wildman–Crippen MR) is 130 cm³/mol. The van der Waals surface area contributed by atoms with Gasteiger partial charge in [-0.15, -0.1) is 0 Å². The highest BCUT2D eigenvalue weighted by molar-refractivity contribution is 5.73. The molecule has 0 aliphatic heterocycles. The second-order valence-electron chi connectivity index (χ2n) is 8.46. The Morgan fingerprint density at radius 2 is 0.833 bits per heavy atom. The second kappa shape index (κ2) is 8.71. The lowest BCUT2D eigenvalue weighted by Crippen LogP contribution is -2.01. The molecule has 0 radical (unpaired) electrons. The third-order valence-corrected chi connectivity index (χ3v) is 5.91. The first kappa shape index (κ1) is 20.2. The van der Waals surface area contributed by atoms with Gasteiger partial charge in [0.05, 0.1) is 0 Å². The lowest BCUT2D eigenvalue weighted by Gasteiger charge is -2.18. The Morgan fingerprint density at radius 1 is 0.467 bits per heavy atom. The molecule has 150 valence electrons. The van der Waals surface area contributed by atoms with E-state index < -0.39 is 0 Å². The summed E-state index contributed by atoms with van der Waals surface area (Å²) in [5, 5.41) is 0. The van der Waals surface area contributed by atoms with Crippen molar-refractivity contribution in [3.63, 3.8) is 0 Å². The van der Waals surface area contributed by atoms with Crippen molar-refractivity contribution in [3.8, 4) is 22.3 Å². The lowest BCUT2D eigenvalue weighted by atomic mass is 9.87. The number of hydrogen-bond donors (Lipinski definition) is 0. The quantitative estimate of drug-likeness (QED) is 0.323. The van der Waals surface area contributed by atoms with Crippen LogP contribution >= 0.6 is 0 Å². The van der Waals surface area contributed by atoms with Crippen molar-refractivity contribution >= 4 is 0 Å². The largest absolute Gasteiger partial charge is 0.0622 e. The van der Waals surface area contributed by atoms with Gasteiger partial charge in [-0.25, -0.2) is 0 Å². The van der Waals surface area contributed by atoms with Crippen LogP contribution in [-0.4, -0.2) is 0 Å². The van der Waals surface area contributed by atoms with Crippen LogP contribution in [0.5, 0.6) is 0 Å². The molecule has 0 amide bonds. The first-order valence-electron chi connectivity index (χ1n) is 10.8. The Bertz CT molecular complexity index is 1060. The summed E-state index contributed by atoms with van der Waals surface area (Å²) in [6, 6.07) is 31.0. The minimum Gasteiger partial charge on any atom is -0.0622 e. The lowest BCUT2D eigenvalue weighted by molar-refractivity contribution is 0.955. The molecule has 0 N–H and O–H groups in total. The SMILES string of the molecule is Cc1cc(C)c(-c2ccccc2)c(CCc2cc(C)cc(C)c2-c2ccccc2)c1. The predicted octanol–water partition coefficient (Wildman–Crippen LogP) is 8.04. The van der Waals surface area contributed by atoms with E-state index in [2.05, 4.69) is 113 Å². The first-order chi connectivity index (χ1) is 14.5. The molecule has 0 heteroatoms. The molecule has 0 saturated heterocycles. The van der Waals surface area contributed by atoms with Crippen LogP contribution in [0.1, 0.15) is 33.4 Å². The molecule has 0 aliphatic rings. The van der Waals surface area contributed by atoms with E-state index in [0.29, 0.717) is 0 Å². The topological polar surface area (TPSA) is 0 Å². The maximum absolute atomic E-state index is 2.38. The molecular formula is C30H30. The molecule has 0 aliphatic carbocycles. The highest BCUT2D eigenvalue weighted by atomic mass is 14.2. The van der Waals surface area contributed by atoms with Crippen LogP contribution in [0, 0.1) is 27.7 Å². The summed E-state index contributed by atoms with van der Waals surface area (Å²) in [6.07, 6.45) is 2.07. The van der Waals surface area contributed by atoms with E-state index in [1.54, 1.807) is 0 Å². The third kappa shape index (κ3) is 4.24. The monoisotopic (exact) mass is 390 g/mol. The number of aryl methyl sites for hydroxylation is 6. The summed E-state index contributed by atoms with van der Waals surface area (Å²) >= 11 is 0. The van der Waals surface area contributed by atoms with Crippen molar-refractivity contribution in [2.75, 3.05) is 0 Å². The van der Waals surface area contributed by atoms with Crippen LogP contribution in [0.25, 0.3) is 22.3 Å². The molecule has 0 spiro atoms. The fraction of sp³-hybridized carbons (Fsp3) is 0.200. The zero-order valence-corrected chi connectivity index (χ0v) is 18.5. The minimum atomic E-state index is 1.04. The van der Waals surface area contributed by atoms with E-state index >= 15 is 0 Å². The van der Waals surface area contributed by atoms with E-state index in [4.69, 9.17) is 0 Å². The summed E-state index contributed by atoms with van der Waals surface area (Å²) in [5.41, 5.74) is 13.7. The van der Waals surface area contributed by atoms with Gasteiger partial charge >= 0.3 is 0 Å².